The Kier molecular flexibility index (Phi) is 4.34. The highest BCUT2D eigenvalue weighted by Crippen LogP contribution is 2.14. The van der Waals surface area contributed by atoms with Gasteiger partial charge >= 0.3 is 0 Å². The van der Waals surface area contributed by atoms with Gasteiger partial charge in [0, 0.05) is 0 Å². The fourth-order valence-corrected chi connectivity index (χ4v) is 1.42. The predicted octanol–water partition coefficient (Wildman–Crippen LogP) is 1.86. The Morgan fingerprint density at radius 1 is 1.31 bits per heavy atom. The molecule has 0 fully saturated rings. The molecular formula is C11H22NO+. The van der Waals surface area contributed by atoms with Gasteiger partial charge in [0.25, 0.3) is 0 Å². The molecule has 1 atom stereocenters. The van der Waals surface area contributed by atoms with E-state index in [-0.39, 0.29) is 11.7 Å². The average Bonchev–Trinajstić information content (AvgIpc) is 1.81. The second-order valence-electron chi connectivity index (χ2n) is 4.94. The number of carbonyl (C=O) groups is 1. The molecule has 0 aromatic heterocycles. The number of hydrogen-bond acceptors (Lipinski definition) is 1. The molecule has 0 spiro atoms. The molecule has 0 amide bonds. The molecule has 0 heterocycles. The Labute approximate surface area is 81.8 Å². The van der Waals surface area contributed by atoms with Gasteiger partial charge in [0.1, 0.15) is 5.78 Å². The van der Waals surface area contributed by atoms with E-state index in [0.29, 0.717) is 0 Å². The molecule has 0 radical (unpaired) electrons. The second kappa shape index (κ2) is 4.56. The molecule has 76 valence electrons. The molecule has 0 aliphatic carbocycles. The summed E-state index contributed by atoms with van der Waals surface area (Å²) in [6, 6.07) is 0. The summed E-state index contributed by atoms with van der Waals surface area (Å²) in [5.74, 6) is 0.411. The van der Waals surface area contributed by atoms with Crippen LogP contribution < -0.4 is 0 Å². The SMILES string of the molecule is C=C(C)CC(C[N+](C)(C)C)C(C)=O. The molecule has 2 heteroatoms. The van der Waals surface area contributed by atoms with Crippen LogP contribution in [0.4, 0.5) is 0 Å². The van der Waals surface area contributed by atoms with Gasteiger partial charge in [-0.05, 0) is 20.3 Å². The lowest BCUT2D eigenvalue weighted by atomic mass is 9.96. The van der Waals surface area contributed by atoms with Crippen LogP contribution >= 0.6 is 0 Å². The molecule has 0 saturated heterocycles. The topological polar surface area (TPSA) is 17.1 Å². The largest absolute Gasteiger partial charge is 0.330 e. The minimum Gasteiger partial charge on any atom is -0.330 e. The van der Waals surface area contributed by atoms with E-state index in [0.717, 1.165) is 23.0 Å². The van der Waals surface area contributed by atoms with Gasteiger partial charge in [0.2, 0.25) is 0 Å². The van der Waals surface area contributed by atoms with Crippen LogP contribution in [0.3, 0.4) is 0 Å². The van der Waals surface area contributed by atoms with Crippen LogP contribution in [0.25, 0.3) is 0 Å². The maximum absolute atomic E-state index is 11.3. The summed E-state index contributed by atoms with van der Waals surface area (Å²) in [4.78, 5) is 11.3. The molecule has 0 rings (SSSR count). The summed E-state index contributed by atoms with van der Waals surface area (Å²) in [6.45, 7) is 8.39. The van der Waals surface area contributed by atoms with Crippen LogP contribution in [-0.2, 0) is 4.79 Å². The number of Topliss-reactive ketones (excluding diaryl/α,β-unsaturated/α-hetero) is 1. The van der Waals surface area contributed by atoms with Crippen molar-refractivity contribution in [2.45, 2.75) is 20.3 Å². The van der Waals surface area contributed by atoms with E-state index in [1.807, 2.05) is 6.92 Å². The molecular weight excluding hydrogens is 162 g/mol. The van der Waals surface area contributed by atoms with Crippen LogP contribution in [0.5, 0.6) is 0 Å². The van der Waals surface area contributed by atoms with Gasteiger partial charge in [-0.3, -0.25) is 4.79 Å². The molecule has 0 aromatic carbocycles. The number of hydrogen-bond donors (Lipinski definition) is 0. The second-order valence-corrected chi connectivity index (χ2v) is 4.94. The third-order valence-electron chi connectivity index (χ3n) is 1.94. The standard InChI is InChI=1S/C11H22NO/c1-9(2)7-11(10(3)13)8-12(4,5)6/h11H,1,7-8H2,2-6H3/q+1. The summed E-state index contributed by atoms with van der Waals surface area (Å²) in [7, 11) is 6.32. The minimum atomic E-state index is 0.137. The molecule has 0 saturated carbocycles. The third kappa shape index (κ3) is 6.52. The van der Waals surface area contributed by atoms with Crippen molar-refractivity contribution in [3.8, 4) is 0 Å². The summed E-state index contributed by atoms with van der Waals surface area (Å²) >= 11 is 0. The van der Waals surface area contributed by atoms with E-state index in [2.05, 4.69) is 27.7 Å². The van der Waals surface area contributed by atoms with Crippen molar-refractivity contribution in [2.75, 3.05) is 27.7 Å². The molecule has 0 aromatic rings. The van der Waals surface area contributed by atoms with Gasteiger partial charge in [-0.2, -0.15) is 0 Å². The summed E-state index contributed by atoms with van der Waals surface area (Å²) in [6.07, 6.45) is 0.824. The molecule has 1 unspecified atom stereocenters. The number of quaternary nitrogens is 1. The van der Waals surface area contributed by atoms with Gasteiger partial charge in [0.15, 0.2) is 0 Å². The van der Waals surface area contributed by atoms with E-state index >= 15 is 0 Å². The zero-order chi connectivity index (χ0) is 10.6. The van der Waals surface area contributed by atoms with Crippen LogP contribution in [-0.4, -0.2) is 38.0 Å². The van der Waals surface area contributed by atoms with Gasteiger partial charge in [0.05, 0.1) is 33.6 Å². The van der Waals surface area contributed by atoms with Crippen molar-refractivity contribution in [1.82, 2.24) is 0 Å². The van der Waals surface area contributed by atoms with Crippen molar-refractivity contribution < 1.29 is 9.28 Å². The predicted molar refractivity (Wildman–Crippen MR) is 56.5 cm³/mol. The van der Waals surface area contributed by atoms with Crippen molar-refractivity contribution in [1.29, 1.82) is 0 Å². The maximum Gasteiger partial charge on any atom is 0.138 e. The van der Waals surface area contributed by atoms with Crippen LogP contribution in [0.2, 0.25) is 0 Å². The van der Waals surface area contributed by atoms with Gasteiger partial charge in [-0.1, -0.05) is 5.57 Å². The fraction of sp³-hybridized carbons (Fsp3) is 0.727. The Hall–Kier alpha value is -0.630. The molecule has 2 nitrogen and oxygen atoms in total. The van der Waals surface area contributed by atoms with E-state index in [1.54, 1.807) is 6.92 Å². The minimum absolute atomic E-state index is 0.137. The zero-order valence-corrected chi connectivity index (χ0v) is 9.55. The molecule has 0 N–H and O–H groups in total. The van der Waals surface area contributed by atoms with Crippen molar-refractivity contribution in [3.63, 3.8) is 0 Å². The first-order valence-corrected chi connectivity index (χ1v) is 4.67. The molecule has 13 heavy (non-hydrogen) atoms. The Bertz CT molecular complexity index is 201. The number of nitrogens with zero attached hydrogens (tertiary/aromatic N) is 1. The number of rotatable bonds is 5. The van der Waals surface area contributed by atoms with E-state index in [9.17, 15) is 4.79 Å². The van der Waals surface area contributed by atoms with Gasteiger partial charge in [-0.25, -0.2) is 0 Å². The first-order valence-electron chi connectivity index (χ1n) is 4.67. The normalized spacial score (nSPS) is 13.9. The fourth-order valence-electron chi connectivity index (χ4n) is 1.42. The number of allylic oxidation sites excluding steroid dienone is 1. The highest BCUT2D eigenvalue weighted by molar-refractivity contribution is 5.78. The summed E-state index contributed by atoms with van der Waals surface area (Å²) in [5, 5.41) is 0. The molecule has 0 bridgehead atoms. The van der Waals surface area contributed by atoms with Crippen LogP contribution in [0.1, 0.15) is 20.3 Å². The zero-order valence-electron chi connectivity index (χ0n) is 9.55. The monoisotopic (exact) mass is 184 g/mol. The lowest BCUT2D eigenvalue weighted by Gasteiger charge is -2.28. The van der Waals surface area contributed by atoms with E-state index < -0.39 is 0 Å². The quantitative estimate of drug-likeness (QED) is 0.471. The average molecular weight is 184 g/mol. The Balaban J connectivity index is 4.27. The van der Waals surface area contributed by atoms with Crippen LogP contribution in [0.15, 0.2) is 12.2 Å². The first kappa shape index (κ1) is 12.4. The van der Waals surface area contributed by atoms with Crippen molar-refractivity contribution >= 4 is 5.78 Å². The van der Waals surface area contributed by atoms with E-state index in [4.69, 9.17) is 0 Å². The van der Waals surface area contributed by atoms with Gasteiger partial charge < -0.3 is 4.48 Å². The van der Waals surface area contributed by atoms with Gasteiger partial charge in [-0.15, -0.1) is 6.58 Å². The highest BCUT2D eigenvalue weighted by Gasteiger charge is 2.21. The summed E-state index contributed by atoms with van der Waals surface area (Å²) in [5.41, 5.74) is 1.09. The van der Waals surface area contributed by atoms with Crippen molar-refractivity contribution in [2.24, 2.45) is 5.92 Å². The highest BCUT2D eigenvalue weighted by atomic mass is 16.1. The first-order chi connectivity index (χ1) is 5.72. The molecule has 0 aliphatic rings. The number of carbonyl (C=O) groups excluding carboxylic acids is 1. The van der Waals surface area contributed by atoms with Crippen molar-refractivity contribution in [3.05, 3.63) is 12.2 Å². The van der Waals surface area contributed by atoms with E-state index in [1.165, 1.54) is 0 Å². The Morgan fingerprint density at radius 3 is 2.00 bits per heavy atom. The smallest absolute Gasteiger partial charge is 0.138 e. The lowest BCUT2D eigenvalue weighted by Crippen LogP contribution is -2.41. The Morgan fingerprint density at radius 2 is 1.77 bits per heavy atom. The third-order valence-corrected chi connectivity index (χ3v) is 1.94. The molecule has 0 aliphatic heterocycles. The van der Waals surface area contributed by atoms with Crippen LogP contribution in [0, 0.1) is 5.92 Å². The number of ketones is 1. The lowest BCUT2D eigenvalue weighted by molar-refractivity contribution is -0.872. The summed E-state index contributed by atoms with van der Waals surface area (Å²) < 4.78 is 0.831. The maximum atomic E-state index is 11.3.